The fourth-order valence-corrected chi connectivity index (χ4v) is 6.95. The SMILES string of the molecule is CC1(C)OB(c2cc3c4c(ccc5cccc(c54)C34c3ccccc3-c3ccccc34)c2)OC1(C)C. The molecule has 174 valence electrons. The molecule has 36 heavy (non-hydrogen) atoms. The van der Waals surface area contributed by atoms with Gasteiger partial charge in [0.05, 0.1) is 16.6 Å². The summed E-state index contributed by atoms with van der Waals surface area (Å²) in [4.78, 5) is 0. The van der Waals surface area contributed by atoms with Gasteiger partial charge in [0.2, 0.25) is 0 Å². The molecule has 1 spiro atoms. The molecule has 1 aliphatic heterocycles. The molecule has 2 nitrogen and oxygen atoms in total. The van der Waals surface area contributed by atoms with Gasteiger partial charge in [-0.3, -0.25) is 0 Å². The Balaban J connectivity index is 1.51. The van der Waals surface area contributed by atoms with Gasteiger partial charge in [0.1, 0.15) is 0 Å². The molecule has 0 radical (unpaired) electrons. The third kappa shape index (κ3) is 2.27. The van der Waals surface area contributed by atoms with Crippen LogP contribution in [-0.4, -0.2) is 18.3 Å². The first-order chi connectivity index (χ1) is 17.3. The molecular formula is C33H27BO2. The van der Waals surface area contributed by atoms with E-state index < -0.39 is 7.12 Å². The maximum absolute atomic E-state index is 6.55. The standard InChI is InChI=1S/C33H27BO2/c1-31(2)32(3,4)36-34(35-31)22-18-21-17-16-20-10-9-15-27-29(20)30(21)28(19-22)33(27)25-13-7-5-11-23(25)24-12-6-8-14-26(24)33/h5-19H,1-4H3. The van der Waals surface area contributed by atoms with Crippen molar-refractivity contribution >= 4 is 34.1 Å². The molecule has 3 heteroatoms. The lowest BCUT2D eigenvalue weighted by molar-refractivity contribution is 0.00578. The zero-order valence-electron chi connectivity index (χ0n) is 21.1. The van der Waals surface area contributed by atoms with E-state index in [4.69, 9.17) is 9.31 Å². The van der Waals surface area contributed by atoms with Crippen molar-refractivity contribution in [1.82, 2.24) is 0 Å². The minimum absolute atomic E-state index is 0.353. The van der Waals surface area contributed by atoms with Crippen LogP contribution in [0, 0.1) is 0 Å². The van der Waals surface area contributed by atoms with Crippen molar-refractivity contribution in [2.75, 3.05) is 0 Å². The zero-order chi connectivity index (χ0) is 24.4. The number of hydrogen-bond donors (Lipinski definition) is 0. The van der Waals surface area contributed by atoms with E-state index in [1.54, 1.807) is 0 Å². The average Bonchev–Trinajstić information content (AvgIpc) is 3.43. The first-order valence-electron chi connectivity index (χ1n) is 12.9. The van der Waals surface area contributed by atoms with Gasteiger partial charge in [0.25, 0.3) is 0 Å². The topological polar surface area (TPSA) is 18.5 Å². The minimum atomic E-state index is -0.404. The minimum Gasteiger partial charge on any atom is -0.399 e. The van der Waals surface area contributed by atoms with Gasteiger partial charge in [0.15, 0.2) is 0 Å². The van der Waals surface area contributed by atoms with Crippen molar-refractivity contribution in [2.24, 2.45) is 0 Å². The number of benzene rings is 5. The van der Waals surface area contributed by atoms with Gasteiger partial charge < -0.3 is 9.31 Å². The van der Waals surface area contributed by atoms with Gasteiger partial charge in [-0.05, 0) is 88.1 Å². The van der Waals surface area contributed by atoms with Crippen LogP contribution in [0.2, 0.25) is 0 Å². The Morgan fingerprint density at radius 3 is 1.75 bits per heavy atom. The molecule has 0 unspecified atom stereocenters. The summed E-state index contributed by atoms with van der Waals surface area (Å²) in [6.45, 7) is 8.49. The summed E-state index contributed by atoms with van der Waals surface area (Å²) in [5, 5.41) is 5.27. The van der Waals surface area contributed by atoms with Crippen LogP contribution in [0.5, 0.6) is 0 Å². The average molecular weight is 466 g/mol. The zero-order valence-corrected chi connectivity index (χ0v) is 21.1. The molecule has 2 aliphatic carbocycles. The molecule has 0 aromatic heterocycles. The van der Waals surface area contributed by atoms with Crippen molar-refractivity contribution < 1.29 is 9.31 Å². The van der Waals surface area contributed by atoms with Crippen LogP contribution in [0.25, 0.3) is 32.7 Å². The first-order valence-corrected chi connectivity index (χ1v) is 12.9. The van der Waals surface area contributed by atoms with Gasteiger partial charge >= 0.3 is 7.12 Å². The summed E-state index contributed by atoms with van der Waals surface area (Å²) in [5.41, 5.74) is 8.06. The molecule has 0 bridgehead atoms. The molecule has 5 aromatic rings. The molecule has 1 saturated heterocycles. The van der Waals surface area contributed by atoms with Gasteiger partial charge in [-0.1, -0.05) is 91.0 Å². The third-order valence-electron chi connectivity index (χ3n) is 9.27. The number of hydrogen-bond acceptors (Lipinski definition) is 2. The molecule has 0 N–H and O–H groups in total. The fourth-order valence-electron chi connectivity index (χ4n) is 6.95. The maximum Gasteiger partial charge on any atom is 0.494 e. The van der Waals surface area contributed by atoms with E-state index in [0.717, 1.165) is 5.46 Å². The molecule has 0 saturated carbocycles. The Labute approximate surface area is 212 Å². The van der Waals surface area contributed by atoms with E-state index in [-0.39, 0.29) is 16.6 Å². The number of fused-ring (bicyclic) bond motifs is 7. The van der Waals surface area contributed by atoms with Crippen molar-refractivity contribution in [3.8, 4) is 11.1 Å². The van der Waals surface area contributed by atoms with Crippen LogP contribution >= 0.6 is 0 Å². The van der Waals surface area contributed by atoms with Crippen LogP contribution in [-0.2, 0) is 14.7 Å². The summed E-state index contributed by atoms with van der Waals surface area (Å²) >= 11 is 0. The van der Waals surface area contributed by atoms with Crippen molar-refractivity contribution in [3.63, 3.8) is 0 Å². The molecule has 0 atom stereocenters. The molecule has 0 amide bonds. The van der Waals surface area contributed by atoms with E-state index in [1.807, 2.05) is 0 Å². The molecule has 8 rings (SSSR count). The summed E-state index contributed by atoms with van der Waals surface area (Å²) in [5.74, 6) is 0. The van der Waals surface area contributed by atoms with E-state index in [9.17, 15) is 0 Å². The highest BCUT2D eigenvalue weighted by Crippen LogP contribution is 2.62. The van der Waals surface area contributed by atoms with Gasteiger partial charge in [-0.25, -0.2) is 0 Å². The highest BCUT2D eigenvalue weighted by atomic mass is 16.7. The molecule has 1 heterocycles. The highest BCUT2D eigenvalue weighted by Gasteiger charge is 2.54. The summed E-state index contributed by atoms with van der Waals surface area (Å²) in [7, 11) is -0.404. The first kappa shape index (κ1) is 20.8. The second kappa shape index (κ2) is 6.48. The summed E-state index contributed by atoms with van der Waals surface area (Å²) < 4.78 is 13.1. The number of rotatable bonds is 1. The highest BCUT2D eigenvalue weighted by molar-refractivity contribution is 6.62. The van der Waals surface area contributed by atoms with Crippen LogP contribution in [0.15, 0.2) is 91.0 Å². The lowest BCUT2D eigenvalue weighted by Crippen LogP contribution is -2.41. The quantitative estimate of drug-likeness (QED) is 0.192. The van der Waals surface area contributed by atoms with E-state index in [2.05, 4.69) is 119 Å². The Morgan fingerprint density at radius 1 is 0.528 bits per heavy atom. The van der Waals surface area contributed by atoms with E-state index >= 15 is 0 Å². The Bertz CT molecular complexity index is 1700. The smallest absolute Gasteiger partial charge is 0.399 e. The second-order valence-corrected chi connectivity index (χ2v) is 11.6. The largest absolute Gasteiger partial charge is 0.494 e. The predicted octanol–water partition coefficient (Wildman–Crippen LogP) is 6.97. The molecule has 1 fully saturated rings. The Hall–Kier alpha value is -3.40. The Morgan fingerprint density at radius 2 is 1.08 bits per heavy atom. The predicted molar refractivity (Wildman–Crippen MR) is 148 cm³/mol. The van der Waals surface area contributed by atoms with Crippen molar-refractivity contribution in [1.29, 1.82) is 0 Å². The van der Waals surface area contributed by atoms with E-state index in [1.165, 1.54) is 54.9 Å². The lowest BCUT2D eigenvalue weighted by atomic mass is 9.68. The lowest BCUT2D eigenvalue weighted by Gasteiger charge is -2.32. The maximum atomic E-state index is 6.55. The van der Waals surface area contributed by atoms with Crippen LogP contribution < -0.4 is 5.46 Å². The monoisotopic (exact) mass is 466 g/mol. The van der Waals surface area contributed by atoms with Crippen LogP contribution in [0.4, 0.5) is 0 Å². The summed E-state index contributed by atoms with van der Waals surface area (Å²) in [6.07, 6.45) is 0. The van der Waals surface area contributed by atoms with Crippen LogP contribution in [0.1, 0.15) is 49.9 Å². The van der Waals surface area contributed by atoms with Crippen LogP contribution in [0.3, 0.4) is 0 Å². The fraction of sp³-hybridized carbons (Fsp3) is 0.212. The van der Waals surface area contributed by atoms with Crippen molar-refractivity contribution in [3.05, 3.63) is 113 Å². The second-order valence-electron chi connectivity index (χ2n) is 11.6. The summed E-state index contributed by atoms with van der Waals surface area (Å²) in [6, 6.07) is 33.9. The molecule has 5 aromatic carbocycles. The normalized spacial score (nSPS) is 19.5. The van der Waals surface area contributed by atoms with E-state index in [0.29, 0.717) is 0 Å². The Kier molecular flexibility index (Phi) is 3.74. The molecular weight excluding hydrogens is 439 g/mol. The van der Waals surface area contributed by atoms with Crippen molar-refractivity contribution in [2.45, 2.75) is 44.3 Å². The molecule has 3 aliphatic rings. The van der Waals surface area contributed by atoms with Gasteiger partial charge in [0, 0.05) is 0 Å². The van der Waals surface area contributed by atoms with Gasteiger partial charge in [-0.2, -0.15) is 0 Å². The third-order valence-corrected chi connectivity index (χ3v) is 9.27. The van der Waals surface area contributed by atoms with Gasteiger partial charge in [-0.15, -0.1) is 0 Å².